The molecule has 0 spiro atoms. The molecule has 1 atom stereocenters. The molecule has 0 rings (SSSR count). The number of carbonyl (C=O) groups is 3. The molecule has 1 N–H and O–H groups in total. The first-order chi connectivity index (χ1) is 9.97. The van der Waals surface area contributed by atoms with E-state index in [1.807, 2.05) is 0 Å². The molecule has 0 amide bonds. The average molecular weight is 302 g/mol. The summed E-state index contributed by atoms with van der Waals surface area (Å²) in [5, 5.41) is 9.03. The molecule has 0 fully saturated rings. The lowest BCUT2D eigenvalue weighted by Gasteiger charge is -2.12. The number of aliphatic carboxylic acids is 1. The minimum atomic E-state index is -0.994. The second-order valence-corrected chi connectivity index (χ2v) is 5.12. The van der Waals surface area contributed by atoms with E-state index < -0.39 is 11.9 Å². The van der Waals surface area contributed by atoms with E-state index in [0.717, 1.165) is 12.8 Å². The van der Waals surface area contributed by atoms with Crippen molar-refractivity contribution in [2.75, 3.05) is 20.3 Å². The fraction of sp³-hybridized carbons (Fsp3) is 0.800. The van der Waals surface area contributed by atoms with Gasteiger partial charge >= 0.3 is 11.9 Å². The van der Waals surface area contributed by atoms with Crippen molar-refractivity contribution in [1.29, 1.82) is 0 Å². The Bertz CT molecular complexity index is 326. The Balaban J connectivity index is 3.82. The fourth-order valence-electron chi connectivity index (χ4n) is 1.83. The van der Waals surface area contributed by atoms with Gasteiger partial charge in [-0.2, -0.15) is 0 Å². The van der Waals surface area contributed by atoms with Gasteiger partial charge < -0.3 is 19.4 Å². The van der Waals surface area contributed by atoms with Gasteiger partial charge in [0.1, 0.15) is 12.4 Å². The van der Waals surface area contributed by atoms with Crippen molar-refractivity contribution >= 4 is 17.7 Å². The van der Waals surface area contributed by atoms with E-state index in [0.29, 0.717) is 38.7 Å². The van der Waals surface area contributed by atoms with E-state index in [-0.39, 0.29) is 18.4 Å². The Kier molecular flexibility index (Phi) is 11.5. The summed E-state index contributed by atoms with van der Waals surface area (Å²) in [6, 6.07) is 0. The molecule has 0 aliphatic heterocycles. The number of Topliss-reactive ketones (excluding diaryl/α,β-unsaturated/α-hetero) is 1. The molecule has 0 saturated carbocycles. The topological polar surface area (TPSA) is 89.9 Å². The third-order valence-corrected chi connectivity index (χ3v) is 3.11. The fourth-order valence-corrected chi connectivity index (χ4v) is 1.83. The zero-order valence-electron chi connectivity index (χ0n) is 12.9. The van der Waals surface area contributed by atoms with Crippen molar-refractivity contribution in [2.24, 2.45) is 5.92 Å². The largest absolute Gasteiger partial charge is 0.481 e. The minimum absolute atomic E-state index is 0.0344. The Hall–Kier alpha value is -1.43. The lowest BCUT2D eigenvalue weighted by Crippen LogP contribution is -2.22. The maximum Gasteiger partial charge on any atom is 0.309 e. The summed E-state index contributed by atoms with van der Waals surface area (Å²) < 4.78 is 9.90. The van der Waals surface area contributed by atoms with Gasteiger partial charge in [0, 0.05) is 26.6 Å². The zero-order valence-corrected chi connectivity index (χ0v) is 12.9. The molecule has 0 radical (unpaired) electrons. The first kappa shape index (κ1) is 19.6. The number of ether oxygens (including phenoxy) is 2. The molecular formula is C15H26O6. The highest BCUT2D eigenvalue weighted by Gasteiger charge is 2.19. The summed E-state index contributed by atoms with van der Waals surface area (Å²) >= 11 is 0. The van der Waals surface area contributed by atoms with Gasteiger partial charge in [-0.25, -0.2) is 0 Å². The third-order valence-electron chi connectivity index (χ3n) is 3.11. The van der Waals surface area contributed by atoms with Crippen LogP contribution in [0.2, 0.25) is 0 Å². The first-order valence-electron chi connectivity index (χ1n) is 7.34. The van der Waals surface area contributed by atoms with Crippen LogP contribution in [0.3, 0.4) is 0 Å². The van der Waals surface area contributed by atoms with Crippen molar-refractivity contribution in [3.8, 4) is 0 Å². The van der Waals surface area contributed by atoms with Crippen LogP contribution >= 0.6 is 0 Å². The lowest BCUT2D eigenvalue weighted by atomic mass is 10.0. The van der Waals surface area contributed by atoms with Crippen molar-refractivity contribution in [2.45, 2.75) is 51.9 Å². The lowest BCUT2D eigenvalue weighted by molar-refractivity contribution is -0.151. The number of methoxy groups -OCH3 is 1. The van der Waals surface area contributed by atoms with Crippen LogP contribution in [-0.2, 0) is 23.9 Å². The van der Waals surface area contributed by atoms with Crippen LogP contribution in [0.4, 0.5) is 0 Å². The monoisotopic (exact) mass is 302 g/mol. The highest BCUT2D eigenvalue weighted by Crippen LogP contribution is 2.11. The van der Waals surface area contributed by atoms with Crippen molar-refractivity contribution in [1.82, 2.24) is 0 Å². The van der Waals surface area contributed by atoms with Crippen molar-refractivity contribution in [3.05, 3.63) is 0 Å². The summed E-state index contributed by atoms with van der Waals surface area (Å²) in [6.45, 7) is 2.02. The summed E-state index contributed by atoms with van der Waals surface area (Å²) in [5.41, 5.74) is 0. The Morgan fingerprint density at radius 2 is 1.76 bits per heavy atom. The number of esters is 1. The van der Waals surface area contributed by atoms with Gasteiger partial charge in [0.2, 0.25) is 0 Å². The molecule has 6 nitrogen and oxygen atoms in total. The molecule has 1 unspecified atom stereocenters. The van der Waals surface area contributed by atoms with Gasteiger partial charge in [-0.1, -0.05) is 6.42 Å². The number of ketones is 1. The molecule has 0 aliphatic rings. The number of rotatable bonds is 13. The molecule has 0 aliphatic carbocycles. The normalized spacial score (nSPS) is 11.9. The maximum absolute atomic E-state index is 11.5. The third kappa shape index (κ3) is 12.1. The summed E-state index contributed by atoms with van der Waals surface area (Å²) in [7, 11) is 1.63. The zero-order chi connectivity index (χ0) is 16.1. The van der Waals surface area contributed by atoms with E-state index in [9.17, 15) is 14.4 Å². The molecule has 6 heteroatoms. The molecule has 0 heterocycles. The smallest absolute Gasteiger partial charge is 0.309 e. The van der Waals surface area contributed by atoms with Crippen LogP contribution in [0.5, 0.6) is 0 Å². The molecule has 122 valence electrons. The van der Waals surface area contributed by atoms with E-state index in [1.54, 1.807) is 7.11 Å². The molecule has 0 aromatic carbocycles. The molecule has 0 saturated heterocycles. The number of carboxylic acids is 1. The summed E-state index contributed by atoms with van der Waals surface area (Å²) in [4.78, 5) is 33.3. The molecule has 0 aromatic heterocycles. The van der Waals surface area contributed by atoms with Gasteiger partial charge in [0.05, 0.1) is 5.92 Å². The highest BCUT2D eigenvalue weighted by atomic mass is 16.5. The van der Waals surface area contributed by atoms with Crippen LogP contribution in [0, 0.1) is 5.92 Å². The minimum Gasteiger partial charge on any atom is -0.481 e. The van der Waals surface area contributed by atoms with Crippen LogP contribution in [0.15, 0.2) is 0 Å². The quantitative estimate of drug-likeness (QED) is 0.414. The van der Waals surface area contributed by atoms with E-state index in [1.165, 1.54) is 6.92 Å². The van der Waals surface area contributed by atoms with Gasteiger partial charge in [-0.3, -0.25) is 9.59 Å². The molecule has 0 bridgehead atoms. The Labute approximate surface area is 125 Å². The van der Waals surface area contributed by atoms with Gasteiger partial charge in [-0.15, -0.1) is 0 Å². The van der Waals surface area contributed by atoms with Gasteiger partial charge in [0.25, 0.3) is 0 Å². The standard InChI is InChI=1S/C15H26O6/c1-12(16)7-6-8-13(15(18)19)11-21-14(17)9-4-3-5-10-20-2/h13H,3-11H2,1-2H3,(H,18,19). The summed E-state index contributed by atoms with van der Waals surface area (Å²) in [5.74, 6) is -2.06. The SMILES string of the molecule is COCCCCCC(=O)OCC(CCCC(C)=O)C(=O)O. The van der Waals surface area contributed by atoms with Crippen molar-refractivity contribution < 1.29 is 29.0 Å². The van der Waals surface area contributed by atoms with Gasteiger partial charge in [0.15, 0.2) is 0 Å². The predicted octanol–water partition coefficient (Wildman–Crippen LogP) is 2.20. The van der Waals surface area contributed by atoms with Gasteiger partial charge in [-0.05, 0) is 32.6 Å². The number of unbranched alkanes of at least 4 members (excludes halogenated alkanes) is 2. The Morgan fingerprint density at radius 1 is 1.05 bits per heavy atom. The number of carboxylic acid groups (broad SMARTS) is 1. The van der Waals surface area contributed by atoms with Crippen LogP contribution in [0.25, 0.3) is 0 Å². The average Bonchev–Trinajstić information content (AvgIpc) is 2.41. The second-order valence-electron chi connectivity index (χ2n) is 5.12. The Morgan fingerprint density at radius 3 is 2.33 bits per heavy atom. The number of hydrogen-bond acceptors (Lipinski definition) is 5. The predicted molar refractivity (Wildman–Crippen MR) is 77.0 cm³/mol. The molecule has 21 heavy (non-hydrogen) atoms. The number of hydrogen-bond donors (Lipinski definition) is 1. The van der Waals surface area contributed by atoms with E-state index >= 15 is 0 Å². The van der Waals surface area contributed by atoms with Crippen LogP contribution < -0.4 is 0 Å². The van der Waals surface area contributed by atoms with Crippen LogP contribution in [0.1, 0.15) is 51.9 Å². The van der Waals surface area contributed by atoms with Crippen molar-refractivity contribution in [3.63, 3.8) is 0 Å². The van der Waals surface area contributed by atoms with E-state index in [4.69, 9.17) is 14.6 Å². The summed E-state index contributed by atoms with van der Waals surface area (Å²) in [6.07, 6.45) is 3.98. The molecule has 0 aromatic rings. The number of carbonyl (C=O) groups excluding carboxylic acids is 2. The van der Waals surface area contributed by atoms with Crippen LogP contribution in [-0.4, -0.2) is 43.2 Å². The first-order valence-corrected chi connectivity index (χ1v) is 7.34. The van der Waals surface area contributed by atoms with E-state index in [2.05, 4.69) is 0 Å². The molecular weight excluding hydrogens is 276 g/mol. The highest BCUT2D eigenvalue weighted by molar-refractivity contribution is 5.75. The maximum atomic E-state index is 11.5. The second kappa shape index (κ2) is 12.3.